The fourth-order valence-electron chi connectivity index (χ4n) is 2.58. The maximum Gasteiger partial charge on any atom is 0.328 e. The molecular weight excluding hydrogens is 394 g/mol. The molecule has 0 aliphatic carbocycles. The number of hydrogen-bond acceptors (Lipinski definition) is 3. The smallest absolute Gasteiger partial charge is 0.328 e. The summed E-state index contributed by atoms with van der Waals surface area (Å²) < 4.78 is 5.74. The van der Waals surface area contributed by atoms with Gasteiger partial charge in [-0.15, -0.1) is 0 Å². The Hall–Kier alpha value is -2.14. The molecule has 0 aromatic heterocycles. The number of nitrogens with one attached hydrogen (secondary N) is 1. The maximum absolute atomic E-state index is 12.6. The van der Waals surface area contributed by atoms with E-state index in [4.69, 9.17) is 4.74 Å². The van der Waals surface area contributed by atoms with Crippen molar-refractivity contribution in [3.8, 4) is 0 Å². The summed E-state index contributed by atoms with van der Waals surface area (Å²) in [4.78, 5) is 24.7. The third-order valence-corrected chi connectivity index (χ3v) is 4.96. The molecular formula is C21H24BrNO3. The zero-order valence-electron chi connectivity index (χ0n) is 15.5. The first kappa shape index (κ1) is 20.2. The van der Waals surface area contributed by atoms with Crippen molar-refractivity contribution >= 4 is 27.8 Å². The Morgan fingerprint density at radius 1 is 1.08 bits per heavy atom. The number of hydrogen-bond donors (Lipinski definition) is 1. The van der Waals surface area contributed by atoms with Gasteiger partial charge in [0, 0.05) is 16.5 Å². The summed E-state index contributed by atoms with van der Waals surface area (Å²) in [7, 11) is 1.32. The quantitative estimate of drug-likeness (QED) is 0.739. The van der Waals surface area contributed by atoms with Crippen LogP contribution in [0.5, 0.6) is 0 Å². The molecule has 138 valence electrons. The van der Waals surface area contributed by atoms with Gasteiger partial charge in [0.2, 0.25) is 0 Å². The number of carbonyl (C=O) groups excluding carboxylic acids is 2. The van der Waals surface area contributed by atoms with Crippen molar-refractivity contribution < 1.29 is 14.3 Å². The zero-order valence-corrected chi connectivity index (χ0v) is 17.1. The monoisotopic (exact) mass is 417 g/mol. The Kier molecular flexibility index (Phi) is 6.59. The standard InChI is InChI=1S/C21H24BrNO3/c1-21(2,3)16-11-9-14(10-12-16)19(24)23-18(20(25)26-4)13-15-7-5-6-8-17(15)22/h5-12,18H,13H2,1-4H3,(H,23,24)/t18-/m0/s1. The van der Waals surface area contributed by atoms with Crippen LogP contribution in [-0.2, 0) is 21.4 Å². The van der Waals surface area contributed by atoms with E-state index in [-0.39, 0.29) is 11.3 Å². The third kappa shape index (κ3) is 5.18. The molecule has 2 aromatic rings. The molecule has 0 radical (unpaired) electrons. The first-order valence-corrected chi connectivity index (χ1v) is 9.24. The Bertz CT molecular complexity index is 779. The summed E-state index contributed by atoms with van der Waals surface area (Å²) in [5, 5.41) is 2.78. The molecule has 0 saturated carbocycles. The van der Waals surface area contributed by atoms with E-state index in [9.17, 15) is 9.59 Å². The lowest BCUT2D eigenvalue weighted by Crippen LogP contribution is -2.43. The van der Waals surface area contributed by atoms with Crippen LogP contribution in [0, 0.1) is 0 Å². The van der Waals surface area contributed by atoms with Gasteiger partial charge in [-0.3, -0.25) is 4.79 Å². The topological polar surface area (TPSA) is 55.4 Å². The van der Waals surface area contributed by atoms with E-state index in [0.717, 1.165) is 15.6 Å². The average Bonchev–Trinajstić information content (AvgIpc) is 2.61. The van der Waals surface area contributed by atoms with Crippen molar-refractivity contribution in [1.29, 1.82) is 0 Å². The van der Waals surface area contributed by atoms with Crippen LogP contribution in [0.2, 0.25) is 0 Å². The van der Waals surface area contributed by atoms with Gasteiger partial charge in [-0.05, 0) is 34.7 Å². The van der Waals surface area contributed by atoms with Gasteiger partial charge in [0.1, 0.15) is 6.04 Å². The van der Waals surface area contributed by atoms with Crippen LogP contribution < -0.4 is 5.32 Å². The molecule has 0 spiro atoms. The normalized spacial score (nSPS) is 12.3. The van der Waals surface area contributed by atoms with Crippen molar-refractivity contribution in [3.63, 3.8) is 0 Å². The first-order chi connectivity index (χ1) is 12.2. The van der Waals surface area contributed by atoms with Crippen molar-refractivity contribution in [2.45, 2.75) is 38.6 Å². The summed E-state index contributed by atoms with van der Waals surface area (Å²) in [5.41, 5.74) is 2.60. The number of carbonyl (C=O) groups is 2. The Labute approximate surface area is 163 Å². The minimum Gasteiger partial charge on any atom is -0.467 e. The molecule has 0 saturated heterocycles. The van der Waals surface area contributed by atoms with Crippen LogP contribution in [0.1, 0.15) is 42.3 Å². The van der Waals surface area contributed by atoms with Gasteiger partial charge in [-0.1, -0.05) is 67.0 Å². The van der Waals surface area contributed by atoms with Crippen LogP contribution in [0.3, 0.4) is 0 Å². The molecule has 0 bridgehead atoms. The molecule has 2 rings (SSSR count). The molecule has 5 heteroatoms. The number of benzene rings is 2. The SMILES string of the molecule is COC(=O)[C@H](Cc1ccccc1Br)NC(=O)c1ccc(C(C)(C)C)cc1. The molecule has 0 fully saturated rings. The van der Waals surface area contributed by atoms with E-state index in [1.807, 2.05) is 36.4 Å². The van der Waals surface area contributed by atoms with Crippen molar-refractivity contribution in [1.82, 2.24) is 5.32 Å². The zero-order chi connectivity index (χ0) is 19.3. The molecule has 2 aromatic carbocycles. The van der Waals surface area contributed by atoms with Gasteiger partial charge in [-0.25, -0.2) is 4.79 Å². The lowest BCUT2D eigenvalue weighted by atomic mass is 9.86. The molecule has 1 amide bonds. The van der Waals surface area contributed by atoms with Crippen LogP contribution >= 0.6 is 15.9 Å². The summed E-state index contributed by atoms with van der Waals surface area (Å²) >= 11 is 3.47. The van der Waals surface area contributed by atoms with Gasteiger partial charge in [0.15, 0.2) is 0 Å². The number of halogens is 1. The summed E-state index contributed by atoms with van der Waals surface area (Å²) in [6.45, 7) is 6.35. The van der Waals surface area contributed by atoms with Gasteiger partial charge < -0.3 is 10.1 Å². The summed E-state index contributed by atoms with van der Waals surface area (Å²) in [5.74, 6) is -0.770. The van der Waals surface area contributed by atoms with E-state index in [1.165, 1.54) is 7.11 Å². The summed E-state index contributed by atoms with van der Waals surface area (Å²) in [6, 6.07) is 14.3. The number of ether oxygens (including phenoxy) is 1. The summed E-state index contributed by atoms with van der Waals surface area (Å²) in [6.07, 6.45) is 0.347. The number of esters is 1. The highest BCUT2D eigenvalue weighted by Crippen LogP contribution is 2.22. The number of amides is 1. The predicted octanol–water partition coefficient (Wildman–Crippen LogP) is 4.26. The van der Waals surface area contributed by atoms with E-state index in [2.05, 4.69) is 42.0 Å². The van der Waals surface area contributed by atoms with Gasteiger partial charge in [-0.2, -0.15) is 0 Å². The highest BCUT2D eigenvalue weighted by Gasteiger charge is 2.23. The average molecular weight is 418 g/mol. The highest BCUT2D eigenvalue weighted by atomic mass is 79.9. The fourth-order valence-corrected chi connectivity index (χ4v) is 3.03. The third-order valence-electron chi connectivity index (χ3n) is 4.19. The van der Waals surface area contributed by atoms with E-state index >= 15 is 0 Å². The Balaban J connectivity index is 2.16. The Morgan fingerprint density at radius 3 is 2.23 bits per heavy atom. The van der Waals surface area contributed by atoms with E-state index in [1.54, 1.807) is 12.1 Å². The minimum absolute atomic E-state index is 0.0170. The molecule has 4 nitrogen and oxygen atoms in total. The molecule has 0 aliphatic heterocycles. The Morgan fingerprint density at radius 2 is 1.69 bits per heavy atom. The van der Waals surface area contributed by atoms with Crippen molar-refractivity contribution in [2.75, 3.05) is 7.11 Å². The number of methoxy groups -OCH3 is 1. The molecule has 0 heterocycles. The van der Waals surface area contributed by atoms with Crippen LogP contribution in [0.25, 0.3) is 0 Å². The van der Waals surface area contributed by atoms with Crippen molar-refractivity contribution in [2.24, 2.45) is 0 Å². The van der Waals surface area contributed by atoms with Crippen LogP contribution in [0.15, 0.2) is 53.0 Å². The predicted molar refractivity (Wildman–Crippen MR) is 106 cm³/mol. The molecule has 0 unspecified atom stereocenters. The second-order valence-electron chi connectivity index (χ2n) is 7.17. The van der Waals surface area contributed by atoms with Crippen LogP contribution in [-0.4, -0.2) is 25.0 Å². The molecule has 26 heavy (non-hydrogen) atoms. The highest BCUT2D eigenvalue weighted by molar-refractivity contribution is 9.10. The van der Waals surface area contributed by atoms with Gasteiger partial charge in [0.25, 0.3) is 5.91 Å². The second-order valence-corrected chi connectivity index (χ2v) is 8.03. The van der Waals surface area contributed by atoms with Crippen molar-refractivity contribution in [3.05, 3.63) is 69.7 Å². The lowest BCUT2D eigenvalue weighted by Gasteiger charge is -2.20. The molecule has 1 atom stereocenters. The van der Waals surface area contributed by atoms with Gasteiger partial charge in [0.05, 0.1) is 7.11 Å². The largest absolute Gasteiger partial charge is 0.467 e. The minimum atomic E-state index is -0.756. The maximum atomic E-state index is 12.6. The fraction of sp³-hybridized carbons (Fsp3) is 0.333. The van der Waals surface area contributed by atoms with Gasteiger partial charge >= 0.3 is 5.97 Å². The van der Waals surface area contributed by atoms with E-state index < -0.39 is 12.0 Å². The van der Waals surface area contributed by atoms with Crippen LogP contribution in [0.4, 0.5) is 0 Å². The number of rotatable bonds is 5. The van der Waals surface area contributed by atoms with E-state index in [0.29, 0.717) is 12.0 Å². The first-order valence-electron chi connectivity index (χ1n) is 8.45. The molecule has 0 aliphatic rings. The lowest BCUT2D eigenvalue weighted by molar-refractivity contribution is -0.142. The second kappa shape index (κ2) is 8.49. The molecule has 1 N–H and O–H groups in total.